The molecule has 1 heterocycles. The van der Waals surface area contributed by atoms with Gasteiger partial charge in [0.15, 0.2) is 0 Å². The first-order valence-corrected chi connectivity index (χ1v) is 10.9. The molecule has 29 heavy (non-hydrogen) atoms. The highest BCUT2D eigenvalue weighted by atomic mass is 16.2. The van der Waals surface area contributed by atoms with Gasteiger partial charge >= 0.3 is 0 Å². The van der Waals surface area contributed by atoms with Gasteiger partial charge in [-0.15, -0.1) is 0 Å². The summed E-state index contributed by atoms with van der Waals surface area (Å²) in [5.74, 6) is 0.398. The lowest BCUT2D eigenvalue weighted by atomic mass is 9.79. The number of carbonyl (C=O) groups is 1. The average Bonchev–Trinajstić information content (AvgIpc) is 3.19. The Labute approximate surface area is 174 Å². The van der Waals surface area contributed by atoms with E-state index in [4.69, 9.17) is 5.73 Å². The maximum absolute atomic E-state index is 13.5. The molecule has 1 saturated heterocycles. The molecule has 4 heteroatoms. The van der Waals surface area contributed by atoms with Crippen LogP contribution in [0.1, 0.15) is 41.9 Å². The van der Waals surface area contributed by atoms with Gasteiger partial charge in [0, 0.05) is 25.2 Å². The number of likely N-dealkylation sites (tertiary alicyclic amines) is 1. The lowest BCUT2D eigenvalue weighted by Gasteiger charge is -2.47. The minimum atomic E-state index is -0.109. The summed E-state index contributed by atoms with van der Waals surface area (Å²) in [4.78, 5) is 17.9. The van der Waals surface area contributed by atoms with E-state index in [1.165, 1.54) is 16.7 Å². The zero-order chi connectivity index (χ0) is 20.4. The molecule has 1 amide bonds. The molecule has 0 aromatic heterocycles. The lowest BCUT2D eigenvalue weighted by Crippen LogP contribution is -2.53. The van der Waals surface area contributed by atoms with Crippen molar-refractivity contribution >= 4 is 5.91 Å². The van der Waals surface area contributed by atoms with E-state index in [0.29, 0.717) is 6.54 Å². The maximum atomic E-state index is 13.5. The molecule has 2 atom stereocenters. The van der Waals surface area contributed by atoms with Crippen LogP contribution < -0.4 is 5.73 Å². The fourth-order valence-electron chi connectivity index (χ4n) is 5.52. The Balaban J connectivity index is 1.50. The summed E-state index contributed by atoms with van der Waals surface area (Å²) in [6.45, 7) is 2.00. The van der Waals surface area contributed by atoms with Crippen molar-refractivity contribution in [3.05, 3.63) is 71.3 Å². The predicted octanol–water partition coefficient (Wildman–Crippen LogP) is 3.37. The van der Waals surface area contributed by atoms with Gasteiger partial charge in [0.1, 0.15) is 0 Å². The minimum absolute atomic E-state index is 0.00376. The van der Waals surface area contributed by atoms with Crippen molar-refractivity contribution in [2.75, 3.05) is 33.7 Å². The first-order chi connectivity index (χ1) is 14.1. The number of piperidine rings is 1. The summed E-state index contributed by atoms with van der Waals surface area (Å²) in [5, 5.41) is 0. The topological polar surface area (TPSA) is 49.6 Å². The fraction of sp³-hybridized carbons (Fsp3) is 0.480. The van der Waals surface area contributed by atoms with Crippen LogP contribution >= 0.6 is 0 Å². The van der Waals surface area contributed by atoms with Crippen LogP contribution in [0, 0.1) is 5.92 Å². The van der Waals surface area contributed by atoms with E-state index < -0.39 is 0 Å². The molecule has 0 bridgehead atoms. The Morgan fingerprint density at radius 1 is 1.10 bits per heavy atom. The molecule has 2 unspecified atom stereocenters. The van der Waals surface area contributed by atoms with Gasteiger partial charge in [0.25, 0.3) is 0 Å². The summed E-state index contributed by atoms with van der Waals surface area (Å²) in [6.07, 6.45) is 4.00. The molecular weight excluding hydrogens is 358 g/mol. The Hall–Kier alpha value is -2.17. The molecule has 4 nitrogen and oxygen atoms in total. The molecule has 1 aliphatic carbocycles. The van der Waals surface area contributed by atoms with E-state index in [2.05, 4.69) is 78.5 Å². The third-order valence-corrected chi connectivity index (χ3v) is 7.31. The number of nitrogens with zero attached hydrogens (tertiary/aromatic N) is 2. The van der Waals surface area contributed by atoms with Crippen LogP contribution in [0.25, 0.3) is 0 Å². The Kier molecular flexibility index (Phi) is 5.75. The molecule has 2 aliphatic rings. The monoisotopic (exact) mass is 391 g/mol. The van der Waals surface area contributed by atoms with Gasteiger partial charge < -0.3 is 10.6 Å². The molecule has 2 aromatic rings. The molecule has 1 fully saturated rings. The van der Waals surface area contributed by atoms with Gasteiger partial charge in [0.2, 0.25) is 5.91 Å². The van der Waals surface area contributed by atoms with Crippen molar-refractivity contribution in [2.45, 2.75) is 37.1 Å². The summed E-state index contributed by atoms with van der Waals surface area (Å²) in [7, 11) is 4.31. The SMILES string of the molecule is CN(C)C1(c2ccccc2)CCN(C(=O)C(CN)C2CCc3ccccc32)CC1. The summed E-state index contributed by atoms with van der Waals surface area (Å²) in [5.41, 5.74) is 10.2. The number of hydrogen-bond donors (Lipinski definition) is 1. The summed E-state index contributed by atoms with van der Waals surface area (Å²) in [6, 6.07) is 19.3. The van der Waals surface area contributed by atoms with Crippen molar-refractivity contribution in [1.29, 1.82) is 0 Å². The van der Waals surface area contributed by atoms with E-state index in [9.17, 15) is 4.79 Å². The number of nitrogens with two attached hydrogens (primary N) is 1. The third kappa shape index (κ3) is 3.60. The first-order valence-electron chi connectivity index (χ1n) is 10.9. The highest BCUT2D eigenvalue weighted by Crippen LogP contribution is 2.41. The number of benzene rings is 2. The number of fused-ring (bicyclic) bond motifs is 1. The quantitative estimate of drug-likeness (QED) is 0.850. The van der Waals surface area contributed by atoms with Crippen LogP contribution in [0.3, 0.4) is 0 Å². The molecule has 2 aromatic carbocycles. The van der Waals surface area contributed by atoms with Gasteiger partial charge in [-0.2, -0.15) is 0 Å². The fourth-order valence-corrected chi connectivity index (χ4v) is 5.52. The van der Waals surface area contributed by atoms with Gasteiger partial charge in [-0.1, -0.05) is 54.6 Å². The highest BCUT2D eigenvalue weighted by Gasteiger charge is 2.42. The standard InChI is InChI=1S/C25H33N3O/c1-27(2)25(20-9-4-3-5-10-20)14-16-28(17-15-25)24(29)23(18-26)22-13-12-19-8-6-7-11-21(19)22/h3-11,22-23H,12-18,26H2,1-2H3. The normalized spacial score (nSPS) is 21.8. The zero-order valence-electron chi connectivity index (χ0n) is 17.7. The van der Waals surface area contributed by atoms with Crippen LogP contribution in [0.15, 0.2) is 54.6 Å². The van der Waals surface area contributed by atoms with Crippen molar-refractivity contribution in [1.82, 2.24) is 9.80 Å². The minimum Gasteiger partial charge on any atom is -0.342 e. The van der Waals surface area contributed by atoms with Crippen LogP contribution in [0.4, 0.5) is 0 Å². The molecule has 154 valence electrons. The van der Waals surface area contributed by atoms with Crippen LogP contribution in [-0.2, 0) is 16.8 Å². The maximum Gasteiger partial charge on any atom is 0.227 e. The molecule has 4 rings (SSSR count). The van der Waals surface area contributed by atoms with E-state index in [0.717, 1.165) is 38.8 Å². The van der Waals surface area contributed by atoms with Crippen molar-refractivity contribution < 1.29 is 4.79 Å². The molecule has 1 aliphatic heterocycles. The number of aryl methyl sites for hydroxylation is 1. The van der Waals surface area contributed by atoms with Crippen LogP contribution in [0.5, 0.6) is 0 Å². The molecule has 2 N–H and O–H groups in total. The van der Waals surface area contributed by atoms with Gasteiger partial charge in [-0.05, 0) is 62.4 Å². The molecular formula is C25H33N3O. The second-order valence-corrected chi connectivity index (χ2v) is 8.80. The Bertz CT molecular complexity index is 840. The van der Waals surface area contributed by atoms with Crippen molar-refractivity contribution in [3.63, 3.8) is 0 Å². The van der Waals surface area contributed by atoms with E-state index in [1.807, 2.05) is 0 Å². The Morgan fingerprint density at radius 2 is 1.76 bits per heavy atom. The van der Waals surface area contributed by atoms with Gasteiger partial charge in [0.05, 0.1) is 5.92 Å². The number of hydrogen-bond acceptors (Lipinski definition) is 3. The van der Waals surface area contributed by atoms with E-state index in [-0.39, 0.29) is 23.3 Å². The van der Waals surface area contributed by atoms with Gasteiger partial charge in [-0.25, -0.2) is 0 Å². The second kappa shape index (κ2) is 8.29. The van der Waals surface area contributed by atoms with Crippen LogP contribution in [0.2, 0.25) is 0 Å². The smallest absolute Gasteiger partial charge is 0.227 e. The zero-order valence-corrected chi connectivity index (χ0v) is 17.7. The van der Waals surface area contributed by atoms with Crippen molar-refractivity contribution in [2.24, 2.45) is 11.7 Å². The van der Waals surface area contributed by atoms with Crippen LogP contribution in [-0.4, -0.2) is 49.4 Å². The van der Waals surface area contributed by atoms with E-state index in [1.54, 1.807) is 0 Å². The number of carbonyl (C=O) groups excluding carboxylic acids is 1. The molecule has 0 radical (unpaired) electrons. The second-order valence-electron chi connectivity index (χ2n) is 8.80. The van der Waals surface area contributed by atoms with Crippen molar-refractivity contribution in [3.8, 4) is 0 Å². The lowest BCUT2D eigenvalue weighted by molar-refractivity contribution is -0.138. The number of amides is 1. The Morgan fingerprint density at radius 3 is 2.41 bits per heavy atom. The first kappa shape index (κ1) is 20.1. The average molecular weight is 392 g/mol. The summed E-state index contributed by atoms with van der Waals surface area (Å²) >= 11 is 0. The van der Waals surface area contributed by atoms with E-state index >= 15 is 0 Å². The summed E-state index contributed by atoms with van der Waals surface area (Å²) < 4.78 is 0. The molecule has 0 saturated carbocycles. The van der Waals surface area contributed by atoms with Gasteiger partial charge in [-0.3, -0.25) is 9.69 Å². The number of rotatable bonds is 5. The molecule has 0 spiro atoms. The third-order valence-electron chi connectivity index (χ3n) is 7.31. The predicted molar refractivity (Wildman–Crippen MR) is 118 cm³/mol. The highest BCUT2D eigenvalue weighted by molar-refractivity contribution is 5.80. The largest absolute Gasteiger partial charge is 0.342 e.